The molecule has 1 aromatic carbocycles. The van der Waals surface area contributed by atoms with Crippen molar-refractivity contribution in [2.45, 2.75) is 6.42 Å². The first-order valence-electron chi connectivity index (χ1n) is 4.20. The van der Waals surface area contributed by atoms with Gasteiger partial charge in [0.15, 0.2) is 15.5 Å². The van der Waals surface area contributed by atoms with Crippen molar-refractivity contribution >= 4 is 37.5 Å². The zero-order valence-electron chi connectivity index (χ0n) is 7.63. The van der Waals surface area contributed by atoms with Gasteiger partial charge in [-0.3, -0.25) is 0 Å². The molecule has 0 saturated carbocycles. The first-order chi connectivity index (χ1) is 7.13. The van der Waals surface area contributed by atoms with Crippen LogP contribution in [0.4, 0.5) is 4.39 Å². The Bertz CT molecular complexity index is 538. The Balaban J connectivity index is 2.81. The van der Waals surface area contributed by atoms with Gasteiger partial charge in [0, 0.05) is 11.6 Å². The summed E-state index contributed by atoms with van der Waals surface area (Å²) < 4.78 is 14.8. The molecule has 0 aliphatic rings. The van der Waals surface area contributed by atoms with Crippen molar-refractivity contribution < 1.29 is 9.50 Å². The molecule has 0 radical (unpaired) electrons. The SMILES string of the molecule is C=CCc1c(O)c(F)cc2nc(Br)sc12. The van der Waals surface area contributed by atoms with E-state index in [4.69, 9.17) is 0 Å². The Morgan fingerprint density at radius 1 is 1.67 bits per heavy atom. The highest BCUT2D eigenvalue weighted by Gasteiger charge is 2.14. The van der Waals surface area contributed by atoms with Crippen LogP contribution in [-0.4, -0.2) is 10.1 Å². The van der Waals surface area contributed by atoms with Gasteiger partial charge in [0.25, 0.3) is 0 Å². The molecular formula is C10H7BrFNOS. The maximum Gasteiger partial charge on any atom is 0.167 e. The number of aromatic hydroxyl groups is 1. The molecule has 0 aliphatic carbocycles. The summed E-state index contributed by atoms with van der Waals surface area (Å²) in [4.78, 5) is 4.11. The first kappa shape index (κ1) is 10.6. The summed E-state index contributed by atoms with van der Waals surface area (Å²) in [6.07, 6.45) is 2.05. The molecule has 5 heteroatoms. The van der Waals surface area contributed by atoms with Crippen molar-refractivity contribution in [2.24, 2.45) is 0 Å². The number of hydrogen-bond acceptors (Lipinski definition) is 3. The molecule has 0 unspecified atom stereocenters. The second-order valence-corrected chi connectivity index (χ2v) is 5.27. The van der Waals surface area contributed by atoms with E-state index in [1.54, 1.807) is 6.08 Å². The minimum atomic E-state index is -0.642. The number of nitrogens with zero attached hydrogens (tertiary/aromatic N) is 1. The van der Waals surface area contributed by atoms with E-state index in [0.29, 0.717) is 21.4 Å². The van der Waals surface area contributed by atoms with E-state index in [1.807, 2.05) is 0 Å². The predicted molar refractivity (Wildman–Crippen MR) is 62.8 cm³/mol. The number of allylic oxidation sites excluding steroid dienone is 1. The number of thiazole rings is 1. The van der Waals surface area contributed by atoms with Gasteiger partial charge in [-0.05, 0) is 22.4 Å². The molecule has 0 amide bonds. The Hall–Kier alpha value is -0.940. The van der Waals surface area contributed by atoms with Gasteiger partial charge in [0.05, 0.1) is 10.2 Å². The van der Waals surface area contributed by atoms with Gasteiger partial charge in [-0.15, -0.1) is 17.9 Å². The molecule has 78 valence electrons. The normalized spacial score (nSPS) is 10.8. The number of rotatable bonds is 2. The lowest BCUT2D eigenvalue weighted by Crippen LogP contribution is -1.87. The van der Waals surface area contributed by atoms with Gasteiger partial charge in [0.1, 0.15) is 0 Å². The number of phenolic OH excluding ortho intramolecular Hbond substituents is 1. The van der Waals surface area contributed by atoms with Crippen LogP contribution in [0.15, 0.2) is 22.6 Å². The number of benzene rings is 1. The summed E-state index contributed by atoms with van der Waals surface area (Å²) in [7, 11) is 0. The second kappa shape index (κ2) is 3.90. The molecule has 1 heterocycles. The fourth-order valence-electron chi connectivity index (χ4n) is 1.39. The summed E-state index contributed by atoms with van der Waals surface area (Å²) >= 11 is 4.61. The van der Waals surface area contributed by atoms with Crippen LogP contribution in [0.5, 0.6) is 5.75 Å². The minimum Gasteiger partial charge on any atom is -0.505 e. The van der Waals surface area contributed by atoms with Crippen LogP contribution in [0, 0.1) is 5.82 Å². The highest BCUT2D eigenvalue weighted by atomic mass is 79.9. The maximum atomic E-state index is 13.3. The zero-order chi connectivity index (χ0) is 11.0. The molecular weight excluding hydrogens is 281 g/mol. The molecule has 0 fully saturated rings. The summed E-state index contributed by atoms with van der Waals surface area (Å²) in [6.45, 7) is 3.58. The van der Waals surface area contributed by atoms with Crippen LogP contribution in [0.3, 0.4) is 0 Å². The summed E-state index contributed by atoms with van der Waals surface area (Å²) in [5.41, 5.74) is 1.10. The van der Waals surface area contributed by atoms with Crippen molar-refractivity contribution in [1.82, 2.24) is 4.98 Å². The Labute approximate surface area is 98.2 Å². The fraction of sp³-hybridized carbons (Fsp3) is 0.100. The van der Waals surface area contributed by atoms with Gasteiger partial charge in [-0.2, -0.15) is 0 Å². The van der Waals surface area contributed by atoms with Gasteiger partial charge < -0.3 is 5.11 Å². The Kier molecular flexibility index (Phi) is 2.75. The molecule has 2 nitrogen and oxygen atoms in total. The molecule has 1 aromatic heterocycles. The van der Waals surface area contributed by atoms with Crippen molar-refractivity contribution in [1.29, 1.82) is 0 Å². The fourth-order valence-corrected chi connectivity index (χ4v) is 2.89. The van der Waals surface area contributed by atoms with Gasteiger partial charge in [-0.1, -0.05) is 6.08 Å². The van der Waals surface area contributed by atoms with E-state index >= 15 is 0 Å². The van der Waals surface area contributed by atoms with Crippen LogP contribution in [0.2, 0.25) is 0 Å². The van der Waals surface area contributed by atoms with Crippen molar-refractivity contribution in [3.05, 3.63) is 34.0 Å². The lowest BCUT2D eigenvalue weighted by Gasteiger charge is -2.03. The van der Waals surface area contributed by atoms with E-state index in [0.717, 1.165) is 4.70 Å². The lowest BCUT2D eigenvalue weighted by molar-refractivity contribution is 0.429. The maximum absolute atomic E-state index is 13.3. The van der Waals surface area contributed by atoms with E-state index < -0.39 is 5.82 Å². The largest absolute Gasteiger partial charge is 0.505 e. The highest BCUT2D eigenvalue weighted by Crippen LogP contribution is 2.36. The molecule has 0 aliphatic heterocycles. The quantitative estimate of drug-likeness (QED) is 0.856. The summed E-state index contributed by atoms with van der Waals surface area (Å²) in [5, 5.41) is 9.58. The Morgan fingerprint density at radius 3 is 3.07 bits per heavy atom. The van der Waals surface area contributed by atoms with E-state index in [1.165, 1.54) is 17.4 Å². The first-order valence-corrected chi connectivity index (χ1v) is 5.81. The topological polar surface area (TPSA) is 33.1 Å². The van der Waals surface area contributed by atoms with Crippen LogP contribution in [0.25, 0.3) is 10.2 Å². The second-order valence-electron chi connectivity index (χ2n) is 2.99. The Morgan fingerprint density at radius 2 is 2.40 bits per heavy atom. The van der Waals surface area contributed by atoms with Gasteiger partial charge >= 0.3 is 0 Å². The van der Waals surface area contributed by atoms with Crippen LogP contribution in [-0.2, 0) is 6.42 Å². The predicted octanol–water partition coefficient (Wildman–Crippen LogP) is 3.63. The molecule has 0 saturated heterocycles. The third-order valence-corrected chi connectivity index (χ3v) is 3.61. The lowest BCUT2D eigenvalue weighted by atomic mass is 10.1. The standard InChI is InChI=1S/C10H7BrFNOS/c1-2-3-5-8(14)6(12)4-7-9(5)15-10(11)13-7/h2,4,14H,1,3H2. The van der Waals surface area contributed by atoms with Crippen LogP contribution in [0.1, 0.15) is 5.56 Å². The molecule has 1 N–H and O–H groups in total. The van der Waals surface area contributed by atoms with Crippen molar-refractivity contribution in [2.75, 3.05) is 0 Å². The van der Waals surface area contributed by atoms with Crippen LogP contribution < -0.4 is 0 Å². The number of aromatic nitrogens is 1. The van der Waals surface area contributed by atoms with Crippen molar-refractivity contribution in [3.8, 4) is 5.75 Å². The summed E-state index contributed by atoms with van der Waals surface area (Å²) in [5.74, 6) is -0.948. The highest BCUT2D eigenvalue weighted by molar-refractivity contribution is 9.11. The number of hydrogen-bond donors (Lipinski definition) is 1. The van der Waals surface area contributed by atoms with Crippen LogP contribution >= 0.6 is 27.3 Å². The molecule has 0 spiro atoms. The smallest absolute Gasteiger partial charge is 0.167 e. The van der Waals surface area contributed by atoms with E-state index in [2.05, 4.69) is 27.5 Å². The number of phenols is 1. The number of halogens is 2. The average Bonchev–Trinajstić information content (AvgIpc) is 2.53. The molecule has 2 rings (SSSR count). The zero-order valence-corrected chi connectivity index (χ0v) is 10.0. The molecule has 2 aromatic rings. The molecule has 0 atom stereocenters. The van der Waals surface area contributed by atoms with Gasteiger partial charge in [0.2, 0.25) is 0 Å². The third kappa shape index (κ3) is 1.77. The average molecular weight is 288 g/mol. The molecule has 0 bridgehead atoms. The van der Waals surface area contributed by atoms with Crippen molar-refractivity contribution in [3.63, 3.8) is 0 Å². The van der Waals surface area contributed by atoms with E-state index in [9.17, 15) is 9.50 Å². The number of fused-ring (bicyclic) bond motifs is 1. The molecule has 15 heavy (non-hydrogen) atoms. The monoisotopic (exact) mass is 287 g/mol. The third-order valence-electron chi connectivity index (χ3n) is 2.03. The van der Waals surface area contributed by atoms with Gasteiger partial charge in [-0.25, -0.2) is 9.37 Å². The summed E-state index contributed by atoms with van der Waals surface area (Å²) in [6, 6.07) is 1.23. The minimum absolute atomic E-state index is 0.307. The van der Waals surface area contributed by atoms with E-state index in [-0.39, 0.29) is 5.75 Å².